The van der Waals surface area contributed by atoms with Crippen LogP contribution < -0.4 is 10.6 Å². The van der Waals surface area contributed by atoms with E-state index in [-0.39, 0.29) is 11.3 Å². The van der Waals surface area contributed by atoms with Gasteiger partial charge in [-0.2, -0.15) is 5.10 Å². The van der Waals surface area contributed by atoms with Crippen molar-refractivity contribution in [2.75, 3.05) is 19.6 Å². The Labute approximate surface area is 121 Å². The minimum Gasteiger partial charge on any atom is -0.355 e. The molecule has 5 heteroatoms. The van der Waals surface area contributed by atoms with Crippen molar-refractivity contribution < 1.29 is 4.79 Å². The number of aromatic nitrogens is 2. The van der Waals surface area contributed by atoms with Crippen LogP contribution in [0.5, 0.6) is 0 Å². The molecule has 1 aliphatic heterocycles. The van der Waals surface area contributed by atoms with Crippen molar-refractivity contribution >= 4 is 5.91 Å². The van der Waals surface area contributed by atoms with Crippen LogP contribution in [0.2, 0.25) is 0 Å². The minimum atomic E-state index is -0.306. The average molecular weight is 278 g/mol. The van der Waals surface area contributed by atoms with Crippen LogP contribution in [0.25, 0.3) is 0 Å². The first-order valence-electron chi connectivity index (χ1n) is 7.47. The molecule has 1 aromatic rings. The third-order valence-corrected chi connectivity index (χ3v) is 4.49. The maximum atomic E-state index is 12.4. The van der Waals surface area contributed by atoms with Gasteiger partial charge in [0.25, 0.3) is 0 Å². The van der Waals surface area contributed by atoms with Crippen LogP contribution in [0.3, 0.4) is 0 Å². The largest absolute Gasteiger partial charge is 0.355 e. The third-order valence-electron chi connectivity index (χ3n) is 4.49. The van der Waals surface area contributed by atoms with E-state index in [1.165, 1.54) is 0 Å². The Hall–Kier alpha value is -1.36. The summed E-state index contributed by atoms with van der Waals surface area (Å²) in [6.45, 7) is 6.81. The molecule has 2 N–H and O–H groups in total. The molecule has 0 radical (unpaired) electrons. The molecule has 20 heavy (non-hydrogen) atoms. The van der Waals surface area contributed by atoms with Crippen LogP contribution >= 0.6 is 0 Å². The first-order valence-corrected chi connectivity index (χ1v) is 7.47. The van der Waals surface area contributed by atoms with Crippen molar-refractivity contribution in [2.24, 2.45) is 18.4 Å². The van der Waals surface area contributed by atoms with Gasteiger partial charge in [0.05, 0.1) is 0 Å². The van der Waals surface area contributed by atoms with E-state index in [1.54, 1.807) is 6.20 Å². The Kier molecular flexibility index (Phi) is 4.81. The zero-order chi connectivity index (χ0) is 14.6. The van der Waals surface area contributed by atoms with Gasteiger partial charge in [-0.15, -0.1) is 0 Å². The Bertz CT molecular complexity index is 446. The number of aryl methyl sites for hydroxylation is 1. The van der Waals surface area contributed by atoms with Gasteiger partial charge in [-0.05, 0) is 37.9 Å². The first kappa shape index (κ1) is 15.0. The average Bonchev–Trinajstić information content (AvgIpc) is 2.85. The molecule has 1 aliphatic rings. The normalized spacial score (nSPS) is 19.9. The molecule has 1 aromatic heterocycles. The Morgan fingerprint density at radius 1 is 1.60 bits per heavy atom. The second-order valence-electron chi connectivity index (χ2n) is 6.22. The SMILES string of the molecule is Cn1nccc1CCNC(=O)C(C)(C)C1CCCNC1. The number of hydrogen-bond acceptors (Lipinski definition) is 3. The summed E-state index contributed by atoms with van der Waals surface area (Å²) in [7, 11) is 1.93. The molecule has 0 aliphatic carbocycles. The molecule has 2 rings (SSSR count). The number of nitrogens with one attached hydrogen (secondary N) is 2. The lowest BCUT2D eigenvalue weighted by molar-refractivity contribution is -0.132. The van der Waals surface area contributed by atoms with Gasteiger partial charge in [-0.25, -0.2) is 0 Å². The minimum absolute atomic E-state index is 0.161. The molecule has 1 atom stereocenters. The lowest BCUT2D eigenvalue weighted by Crippen LogP contribution is -2.47. The van der Waals surface area contributed by atoms with E-state index >= 15 is 0 Å². The van der Waals surface area contributed by atoms with Gasteiger partial charge in [0.15, 0.2) is 0 Å². The maximum Gasteiger partial charge on any atom is 0.225 e. The predicted octanol–water partition coefficient (Wildman–Crippen LogP) is 1.10. The van der Waals surface area contributed by atoms with Crippen molar-refractivity contribution in [1.29, 1.82) is 0 Å². The maximum absolute atomic E-state index is 12.4. The summed E-state index contributed by atoms with van der Waals surface area (Å²) in [5.74, 6) is 0.585. The van der Waals surface area contributed by atoms with E-state index in [2.05, 4.69) is 29.6 Å². The summed E-state index contributed by atoms with van der Waals surface area (Å²) in [6, 6.07) is 1.99. The molecule has 112 valence electrons. The van der Waals surface area contributed by atoms with Crippen molar-refractivity contribution in [3.63, 3.8) is 0 Å². The summed E-state index contributed by atoms with van der Waals surface area (Å²) in [6.07, 6.45) is 4.90. The van der Waals surface area contributed by atoms with E-state index in [9.17, 15) is 4.79 Å². The highest BCUT2D eigenvalue weighted by atomic mass is 16.2. The van der Waals surface area contributed by atoms with Crippen LogP contribution in [0.4, 0.5) is 0 Å². The van der Waals surface area contributed by atoms with Gasteiger partial charge in [-0.3, -0.25) is 9.48 Å². The first-order chi connectivity index (χ1) is 9.51. The standard InChI is InChI=1S/C15H26N4O/c1-15(2,12-5-4-8-16-11-12)14(20)17-9-6-13-7-10-18-19(13)3/h7,10,12,16H,4-6,8-9,11H2,1-3H3,(H,17,20). The molecule has 1 amide bonds. The van der Waals surface area contributed by atoms with E-state index in [0.29, 0.717) is 12.5 Å². The van der Waals surface area contributed by atoms with E-state index < -0.39 is 0 Å². The Morgan fingerprint density at radius 3 is 3.00 bits per heavy atom. The van der Waals surface area contributed by atoms with Crippen LogP contribution in [0.15, 0.2) is 12.3 Å². The summed E-state index contributed by atoms with van der Waals surface area (Å²) in [5.41, 5.74) is 0.835. The van der Waals surface area contributed by atoms with Crippen molar-refractivity contribution in [3.05, 3.63) is 18.0 Å². The molecule has 0 saturated carbocycles. The Balaban J connectivity index is 1.82. The number of hydrogen-bond donors (Lipinski definition) is 2. The fourth-order valence-corrected chi connectivity index (χ4v) is 2.83. The number of amides is 1. The molecule has 1 unspecified atom stereocenters. The lowest BCUT2D eigenvalue weighted by Gasteiger charge is -2.36. The van der Waals surface area contributed by atoms with Crippen molar-refractivity contribution in [1.82, 2.24) is 20.4 Å². The highest BCUT2D eigenvalue weighted by Gasteiger charge is 2.36. The van der Waals surface area contributed by atoms with E-state index in [0.717, 1.165) is 38.0 Å². The van der Waals surface area contributed by atoms with Crippen molar-refractivity contribution in [2.45, 2.75) is 33.1 Å². The third kappa shape index (κ3) is 3.39. The van der Waals surface area contributed by atoms with Crippen LogP contribution in [-0.4, -0.2) is 35.3 Å². The second-order valence-corrected chi connectivity index (χ2v) is 6.22. The smallest absolute Gasteiger partial charge is 0.225 e. The molecule has 0 spiro atoms. The molecule has 1 saturated heterocycles. The molecular weight excluding hydrogens is 252 g/mol. The number of carbonyl (C=O) groups excluding carboxylic acids is 1. The molecule has 2 heterocycles. The fourth-order valence-electron chi connectivity index (χ4n) is 2.83. The number of piperidine rings is 1. The highest BCUT2D eigenvalue weighted by molar-refractivity contribution is 5.82. The van der Waals surface area contributed by atoms with Crippen LogP contribution in [0, 0.1) is 11.3 Å². The number of carbonyl (C=O) groups is 1. The van der Waals surface area contributed by atoms with Gasteiger partial charge in [-0.1, -0.05) is 13.8 Å². The van der Waals surface area contributed by atoms with Gasteiger partial charge in [0.1, 0.15) is 0 Å². The lowest BCUT2D eigenvalue weighted by atomic mass is 9.74. The second kappa shape index (κ2) is 6.39. The molecule has 5 nitrogen and oxygen atoms in total. The number of nitrogens with zero attached hydrogens (tertiary/aromatic N) is 2. The Morgan fingerprint density at radius 2 is 2.40 bits per heavy atom. The number of rotatable bonds is 5. The summed E-state index contributed by atoms with van der Waals surface area (Å²) in [5, 5.41) is 10.6. The van der Waals surface area contributed by atoms with Gasteiger partial charge >= 0.3 is 0 Å². The molecule has 1 fully saturated rings. The van der Waals surface area contributed by atoms with Gasteiger partial charge in [0.2, 0.25) is 5.91 Å². The molecule has 0 aromatic carbocycles. The monoisotopic (exact) mass is 278 g/mol. The quantitative estimate of drug-likeness (QED) is 0.848. The van der Waals surface area contributed by atoms with Crippen LogP contribution in [0.1, 0.15) is 32.4 Å². The van der Waals surface area contributed by atoms with Gasteiger partial charge < -0.3 is 10.6 Å². The zero-order valence-corrected chi connectivity index (χ0v) is 12.8. The predicted molar refractivity (Wildman–Crippen MR) is 79.3 cm³/mol. The summed E-state index contributed by atoms with van der Waals surface area (Å²) >= 11 is 0. The van der Waals surface area contributed by atoms with E-state index in [4.69, 9.17) is 0 Å². The highest BCUT2D eigenvalue weighted by Crippen LogP contribution is 2.31. The molecule has 0 bridgehead atoms. The zero-order valence-electron chi connectivity index (χ0n) is 12.8. The van der Waals surface area contributed by atoms with Crippen molar-refractivity contribution in [3.8, 4) is 0 Å². The van der Waals surface area contributed by atoms with Crippen LogP contribution in [-0.2, 0) is 18.3 Å². The topological polar surface area (TPSA) is 59.0 Å². The van der Waals surface area contributed by atoms with E-state index in [1.807, 2.05) is 17.8 Å². The summed E-state index contributed by atoms with van der Waals surface area (Å²) < 4.78 is 1.85. The van der Waals surface area contributed by atoms with Gasteiger partial charge in [0, 0.05) is 37.3 Å². The molecular formula is C15H26N4O. The fraction of sp³-hybridized carbons (Fsp3) is 0.733. The summed E-state index contributed by atoms with van der Waals surface area (Å²) in [4.78, 5) is 12.4.